The van der Waals surface area contributed by atoms with Crippen molar-refractivity contribution in [1.29, 1.82) is 0 Å². The van der Waals surface area contributed by atoms with Crippen molar-refractivity contribution in [3.8, 4) is 17.2 Å². The quantitative estimate of drug-likeness (QED) is 0.361. The molecule has 6 nitrogen and oxygen atoms in total. The summed E-state index contributed by atoms with van der Waals surface area (Å²) in [5, 5.41) is 1.04. The van der Waals surface area contributed by atoms with E-state index in [0.29, 0.717) is 33.2 Å². The van der Waals surface area contributed by atoms with Crippen LogP contribution in [0.4, 0.5) is 0 Å². The first kappa shape index (κ1) is 19.7. The van der Waals surface area contributed by atoms with Crippen molar-refractivity contribution in [2.75, 3.05) is 5.75 Å². The number of fused-ring (bicyclic) bond motifs is 1. The molecule has 30 heavy (non-hydrogen) atoms. The van der Waals surface area contributed by atoms with Gasteiger partial charge in [0.2, 0.25) is 5.91 Å². The lowest BCUT2D eigenvalue weighted by atomic mass is 10.2. The third-order valence-corrected chi connectivity index (χ3v) is 5.34. The Bertz CT molecular complexity index is 1240. The normalized spacial score (nSPS) is 10.8. The molecule has 1 aromatic heterocycles. The number of nitrogens with zero attached hydrogens (tertiary/aromatic N) is 2. The van der Waals surface area contributed by atoms with E-state index in [9.17, 15) is 9.59 Å². The smallest absolute Gasteiger partial charge is 0.266 e. The fourth-order valence-corrected chi connectivity index (χ4v) is 3.93. The van der Waals surface area contributed by atoms with E-state index in [-0.39, 0.29) is 17.9 Å². The minimum Gasteiger partial charge on any atom is -0.457 e. The maximum atomic E-state index is 13.2. The molecule has 0 unspecified atom stereocenters. The van der Waals surface area contributed by atoms with Gasteiger partial charge in [-0.25, -0.2) is 4.98 Å². The van der Waals surface area contributed by atoms with Gasteiger partial charge in [-0.2, -0.15) is 0 Å². The van der Waals surface area contributed by atoms with Gasteiger partial charge in [0, 0.05) is 12.2 Å². The fourth-order valence-electron chi connectivity index (χ4n) is 2.97. The summed E-state index contributed by atoms with van der Waals surface area (Å²) < 4.78 is 7.39. The number of primary amides is 1. The summed E-state index contributed by atoms with van der Waals surface area (Å²) in [6, 6.07) is 23.9. The van der Waals surface area contributed by atoms with Gasteiger partial charge in [0.15, 0.2) is 5.16 Å². The van der Waals surface area contributed by atoms with Crippen molar-refractivity contribution in [3.05, 3.63) is 89.2 Å². The average molecular weight is 417 g/mol. The van der Waals surface area contributed by atoms with Crippen molar-refractivity contribution >= 4 is 28.6 Å². The van der Waals surface area contributed by atoms with E-state index in [0.717, 1.165) is 5.75 Å². The van der Waals surface area contributed by atoms with Gasteiger partial charge < -0.3 is 10.5 Å². The Morgan fingerprint density at radius 3 is 2.33 bits per heavy atom. The monoisotopic (exact) mass is 417 g/mol. The highest BCUT2D eigenvalue weighted by atomic mass is 32.2. The third kappa shape index (κ3) is 4.36. The van der Waals surface area contributed by atoms with Gasteiger partial charge in [-0.3, -0.25) is 14.2 Å². The van der Waals surface area contributed by atoms with Crippen LogP contribution in [0.1, 0.15) is 6.42 Å². The van der Waals surface area contributed by atoms with Crippen molar-refractivity contribution in [1.82, 2.24) is 9.55 Å². The lowest BCUT2D eigenvalue weighted by Crippen LogP contribution is -2.22. The highest BCUT2D eigenvalue weighted by molar-refractivity contribution is 7.99. The molecule has 0 aliphatic carbocycles. The summed E-state index contributed by atoms with van der Waals surface area (Å²) >= 11 is 1.33. The molecule has 4 rings (SSSR count). The number of para-hydroxylation sites is 2. The molecule has 3 aromatic carbocycles. The molecule has 0 radical (unpaired) electrons. The fraction of sp³-hybridized carbons (Fsp3) is 0.0870. The second kappa shape index (κ2) is 8.84. The van der Waals surface area contributed by atoms with Crippen LogP contribution in [0.25, 0.3) is 16.6 Å². The van der Waals surface area contributed by atoms with Crippen LogP contribution in [-0.4, -0.2) is 21.2 Å². The van der Waals surface area contributed by atoms with E-state index in [1.54, 1.807) is 16.7 Å². The van der Waals surface area contributed by atoms with Gasteiger partial charge >= 0.3 is 0 Å². The van der Waals surface area contributed by atoms with E-state index >= 15 is 0 Å². The summed E-state index contributed by atoms with van der Waals surface area (Å²) in [6.07, 6.45) is 0.206. The molecule has 0 bridgehead atoms. The first-order valence-electron chi connectivity index (χ1n) is 9.38. The number of benzene rings is 3. The Balaban J connectivity index is 1.71. The van der Waals surface area contributed by atoms with Gasteiger partial charge in [0.1, 0.15) is 11.5 Å². The molecule has 0 fully saturated rings. The van der Waals surface area contributed by atoms with E-state index in [4.69, 9.17) is 10.5 Å². The Morgan fingerprint density at radius 1 is 0.933 bits per heavy atom. The van der Waals surface area contributed by atoms with E-state index in [2.05, 4.69) is 4.98 Å². The summed E-state index contributed by atoms with van der Waals surface area (Å²) in [4.78, 5) is 29.0. The number of nitrogens with two attached hydrogens (primary N) is 1. The van der Waals surface area contributed by atoms with Crippen LogP contribution in [0, 0.1) is 0 Å². The predicted octanol–water partition coefficient (Wildman–Crippen LogP) is 4.15. The number of amides is 1. The zero-order chi connectivity index (χ0) is 20.9. The maximum Gasteiger partial charge on any atom is 0.266 e. The number of carbonyl (C=O) groups excluding carboxylic acids is 1. The number of hydrogen-bond donors (Lipinski definition) is 1. The van der Waals surface area contributed by atoms with Crippen LogP contribution in [0.2, 0.25) is 0 Å². The Kier molecular flexibility index (Phi) is 5.81. The summed E-state index contributed by atoms with van der Waals surface area (Å²) in [5.74, 6) is 1.45. The Labute approximate surface area is 177 Å². The molecule has 150 valence electrons. The van der Waals surface area contributed by atoms with Crippen LogP contribution < -0.4 is 16.0 Å². The van der Waals surface area contributed by atoms with Crippen molar-refractivity contribution < 1.29 is 9.53 Å². The molecule has 4 aromatic rings. The molecule has 0 spiro atoms. The standard InChI is InChI=1S/C23H19N3O3S/c24-21(27)14-15-30-23-25-20-9-5-4-8-19(20)22(28)26(23)16-10-12-18(13-11-16)29-17-6-2-1-3-7-17/h1-13H,14-15H2,(H2,24,27). The molecular formula is C23H19N3O3S. The van der Waals surface area contributed by atoms with Crippen molar-refractivity contribution in [2.45, 2.75) is 11.6 Å². The zero-order valence-corrected chi connectivity index (χ0v) is 16.8. The summed E-state index contributed by atoms with van der Waals surface area (Å²) in [6.45, 7) is 0. The number of carbonyl (C=O) groups is 1. The van der Waals surface area contributed by atoms with Gasteiger partial charge in [0.05, 0.1) is 16.6 Å². The van der Waals surface area contributed by atoms with Crippen LogP contribution in [-0.2, 0) is 4.79 Å². The van der Waals surface area contributed by atoms with Gasteiger partial charge in [0.25, 0.3) is 5.56 Å². The number of thioether (sulfide) groups is 1. The predicted molar refractivity (Wildman–Crippen MR) is 118 cm³/mol. The second-order valence-electron chi connectivity index (χ2n) is 6.53. The minimum absolute atomic E-state index is 0.168. The number of ether oxygens (including phenoxy) is 1. The molecule has 7 heteroatoms. The van der Waals surface area contributed by atoms with E-state index in [1.807, 2.05) is 66.7 Å². The lowest BCUT2D eigenvalue weighted by Gasteiger charge is -2.14. The highest BCUT2D eigenvalue weighted by Gasteiger charge is 2.14. The van der Waals surface area contributed by atoms with Crippen molar-refractivity contribution in [3.63, 3.8) is 0 Å². The number of aromatic nitrogens is 2. The Hall–Kier alpha value is -3.58. The van der Waals surface area contributed by atoms with Crippen LogP contribution >= 0.6 is 11.8 Å². The molecule has 1 heterocycles. The van der Waals surface area contributed by atoms with Crippen LogP contribution in [0.5, 0.6) is 11.5 Å². The molecule has 0 aliphatic heterocycles. The molecule has 0 aliphatic rings. The first-order valence-corrected chi connectivity index (χ1v) is 10.4. The SMILES string of the molecule is NC(=O)CCSc1nc2ccccc2c(=O)n1-c1ccc(Oc2ccccc2)cc1. The van der Waals surface area contributed by atoms with Crippen LogP contribution in [0.3, 0.4) is 0 Å². The minimum atomic E-state index is -0.389. The summed E-state index contributed by atoms with van der Waals surface area (Å²) in [5.41, 5.74) is 6.37. The maximum absolute atomic E-state index is 13.2. The van der Waals surface area contributed by atoms with Crippen LogP contribution in [0.15, 0.2) is 88.8 Å². The van der Waals surface area contributed by atoms with E-state index in [1.165, 1.54) is 11.8 Å². The first-order chi connectivity index (χ1) is 14.6. The topological polar surface area (TPSA) is 87.2 Å². The molecule has 1 amide bonds. The van der Waals surface area contributed by atoms with Gasteiger partial charge in [-0.05, 0) is 48.5 Å². The van der Waals surface area contributed by atoms with E-state index < -0.39 is 0 Å². The Morgan fingerprint density at radius 2 is 1.60 bits per heavy atom. The molecule has 0 saturated carbocycles. The third-order valence-electron chi connectivity index (χ3n) is 4.40. The van der Waals surface area contributed by atoms with Gasteiger partial charge in [-0.15, -0.1) is 0 Å². The second-order valence-corrected chi connectivity index (χ2v) is 7.59. The molecular weight excluding hydrogens is 398 g/mol. The molecule has 2 N–H and O–H groups in total. The zero-order valence-electron chi connectivity index (χ0n) is 16.0. The number of hydrogen-bond acceptors (Lipinski definition) is 5. The summed E-state index contributed by atoms with van der Waals surface area (Å²) in [7, 11) is 0. The average Bonchev–Trinajstić information content (AvgIpc) is 2.75. The largest absolute Gasteiger partial charge is 0.457 e. The lowest BCUT2D eigenvalue weighted by molar-refractivity contribution is -0.117. The van der Waals surface area contributed by atoms with Crippen molar-refractivity contribution in [2.24, 2.45) is 5.73 Å². The molecule has 0 saturated heterocycles. The highest BCUT2D eigenvalue weighted by Crippen LogP contribution is 2.25. The molecule has 0 atom stereocenters. The number of rotatable bonds is 7. The van der Waals surface area contributed by atoms with Gasteiger partial charge in [-0.1, -0.05) is 42.1 Å².